The number of aromatic nitrogens is 2. The summed E-state index contributed by atoms with van der Waals surface area (Å²) >= 11 is 7.77. The molecular formula is C12H13Br2N3O2S2. The van der Waals surface area contributed by atoms with Gasteiger partial charge in [0.05, 0.1) is 0 Å². The van der Waals surface area contributed by atoms with Crippen molar-refractivity contribution in [1.82, 2.24) is 10.2 Å². The lowest BCUT2D eigenvalue weighted by Gasteiger charge is -2.07. The Hall–Kier alpha value is -0.510. The number of rotatable bonds is 5. The van der Waals surface area contributed by atoms with Crippen LogP contribution in [0, 0.1) is 5.92 Å². The van der Waals surface area contributed by atoms with Crippen LogP contribution in [-0.2, 0) is 16.4 Å². The molecule has 2 aromatic rings. The Morgan fingerprint density at radius 1 is 1.29 bits per heavy atom. The van der Waals surface area contributed by atoms with E-state index in [0.717, 1.165) is 11.4 Å². The van der Waals surface area contributed by atoms with E-state index in [0.29, 0.717) is 14.9 Å². The molecule has 9 heteroatoms. The van der Waals surface area contributed by atoms with Crippen LogP contribution in [0.4, 0.5) is 5.13 Å². The highest BCUT2D eigenvalue weighted by atomic mass is 79.9. The van der Waals surface area contributed by atoms with Crippen molar-refractivity contribution in [2.75, 3.05) is 4.72 Å². The fourth-order valence-corrected chi connectivity index (χ4v) is 5.26. The van der Waals surface area contributed by atoms with Crippen molar-refractivity contribution < 1.29 is 8.42 Å². The topological polar surface area (TPSA) is 72.0 Å². The summed E-state index contributed by atoms with van der Waals surface area (Å²) < 4.78 is 28.4. The molecule has 21 heavy (non-hydrogen) atoms. The van der Waals surface area contributed by atoms with Gasteiger partial charge in [0, 0.05) is 15.4 Å². The molecule has 0 atom stereocenters. The normalized spacial score (nSPS) is 11.9. The first-order valence-corrected chi connectivity index (χ1v) is 9.97. The zero-order valence-corrected chi connectivity index (χ0v) is 16.1. The molecule has 5 nitrogen and oxygen atoms in total. The van der Waals surface area contributed by atoms with Gasteiger partial charge >= 0.3 is 0 Å². The number of nitrogens with zero attached hydrogens (tertiary/aromatic N) is 2. The van der Waals surface area contributed by atoms with Crippen LogP contribution >= 0.6 is 43.2 Å². The number of halogens is 2. The minimum atomic E-state index is -3.70. The molecule has 0 radical (unpaired) electrons. The van der Waals surface area contributed by atoms with E-state index in [1.54, 1.807) is 12.1 Å². The molecule has 0 aliphatic rings. The van der Waals surface area contributed by atoms with E-state index in [4.69, 9.17) is 0 Å². The number of sulfonamides is 1. The van der Waals surface area contributed by atoms with Crippen LogP contribution in [0.25, 0.3) is 0 Å². The molecule has 2 rings (SSSR count). The van der Waals surface area contributed by atoms with E-state index in [2.05, 4.69) is 60.6 Å². The average Bonchev–Trinajstić information content (AvgIpc) is 2.77. The number of nitrogens with one attached hydrogen (secondary N) is 1. The van der Waals surface area contributed by atoms with Gasteiger partial charge in [-0.1, -0.05) is 41.1 Å². The van der Waals surface area contributed by atoms with Gasteiger partial charge < -0.3 is 0 Å². The van der Waals surface area contributed by atoms with Gasteiger partial charge in [-0.25, -0.2) is 8.42 Å². The number of benzene rings is 1. The fourth-order valence-electron chi connectivity index (χ4n) is 1.58. The Morgan fingerprint density at radius 3 is 2.67 bits per heavy atom. The van der Waals surface area contributed by atoms with Gasteiger partial charge in [-0.2, -0.15) is 0 Å². The van der Waals surface area contributed by atoms with E-state index in [9.17, 15) is 8.42 Å². The second-order valence-electron chi connectivity index (χ2n) is 4.78. The van der Waals surface area contributed by atoms with Crippen molar-refractivity contribution >= 4 is 58.4 Å². The first-order valence-electron chi connectivity index (χ1n) is 6.08. The summed E-state index contributed by atoms with van der Waals surface area (Å²) in [5.41, 5.74) is 0. The van der Waals surface area contributed by atoms with E-state index < -0.39 is 10.0 Å². The van der Waals surface area contributed by atoms with Gasteiger partial charge in [0.2, 0.25) is 5.13 Å². The van der Waals surface area contributed by atoms with Crippen LogP contribution in [0.15, 0.2) is 32.0 Å². The maximum absolute atomic E-state index is 12.4. The average molecular weight is 455 g/mol. The lowest BCUT2D eigenvalue weighted by Crippen LogP contribution is -2.13. The second-order valence-corrected chi connectivity index (χ2v) is 9.26. The molecular weight excluding hydrogens is 442 g/mol. The third-order valence-corrected chi connectivity index (χ3v) is 6.27. The molecule has 0 aliphatic carbocycles. The molecule has 0 aliphatic heterocycles. The fraction of sp³-hybridized carbons (Fsp3) is 0.333. The maximum Gasteiger partial charge on any atom is 0.264 e. The summed E-state index contributed by atoms with van der Waals surface area (Å²) in [6, 6.07) is 4.96. The second kappa shape index (κ2) is 6.72. The van der Waals surface area contributed by atoms with Crippen molar-refractivity contribution in [1.29, 1.82) is 0 Å². The number of anilines is 1. The molecule has 0 unspecified atom stereocenters. The highest BCUT2D eigenvalue weighted by molar-refractivity contribution is 9.11. The van der Waals surface area contributed by atoms with Gasteiger partial charge in [0.25, 0.3) is 10.0 Å². The van der Waals surface area contributed by atoms with Gasteiger partial charge in [-0.3, -0.25) is 4.72 Å². The Labute approximate surface area is 144 Å². The first kappa shape index (κ1) is 16.9. The quantitative estimate of drug-likeness (QED) is 0.739. The Bertz CT molecular complexity index is 745. The standard InChI is InChI=1S/C12H13Br2N3O2S2/c1-7(2)5-11-15-16-12(20-11)17-21(18,19)10-6-8(13)3-4-9(10)14/h3-4,6-7H,5H2,1-2H3,(H,16,17). The van der Waals surface area contributed by atoms with Crippen molar-refractivity contribution in [2.24, 2.45) is 5.92 Å². The van der Waals surface area contributed by atoms with Crippen molar-refractivity contribution in [2.45, 2.75) is 25.2 Å². The lowest BCUT2D eigenvalue weighted by atomic mass is 10.1. The molecule has 1 aromatic heterocycles. The smallest absolute Gasteiger partial charge is 0.253 e. The molecule has 0 saturated heterocycles. The predicted molar refractivity (Wildman–Crippen MR) is 91.1 cm³/mol. The minimum Gasteiger partial charge on any atom is -0.253 e. The van der Waals surface area contributed by atoms with Crippen LogP contribution in [0.2, 0.25) is 0 Å². The van der Waals surface area contributed by atoms with Crippen LogP contribution in [0.3, 0.4) is 0 Å². The molecule has 1 heterocycles. The monoisotopic (exact) mass is 453 g/mol. The predicted octanol–water partition coefficient (Wildman–Crippen LogP) is 4.06. The van der Waals surface area contributed by atoms with Gasteiger partial charge in [0.15, 0.2) is 0 Å². The van der Waals surface area contributed by atoms with Crippen molar-refractivity contribution in [3.63, 3.8) is 0 Å². The minimum absolute atomic E-state index is 0.150. The molecule has 114 valence electrons. The summed E-state index contributed by atoms with van der Waals surface area (Å²) in [4.78, 5) is 0.150. The summed E-state index contributed by atoms with van der Waals surface area (Å²) in [6.07, 6.45) is 0.778. The molecule has 0 spiro atoms. The molecule has 1 N–H and O–H groups in total. The summed E-state index contributed by atoms with van der Waals surface area (Å²) in [7, 11) is -3.70. The first-order chi connectivity index (χ1) is 9.78. The van der Waals surface area contributed by atoms with Crippen LogP contribution in [0.1, 0.15) is 18.9 Å². The Kier molecular flexibility index (Phi) is 5.39. The van der Waals surface area contributed by atoms with E-state index in [-0.39, 0.29) is 10.0 Å². The summed E-state index contributed by atoms with van der Waals surface area (Å²) in [5.74, 6) is 0.446. The number of hydrogen-bond donors (Lipinski definition) is 1. The van der Waals surface area contributed by atoms with E-state index in [1.807, 2.05) is 0 Å². The SMILES string of the molecule is CC(C)Cc1nnc(NS(=O)(=O)c2cc(Br)ccc2Br)s1. The third kappa shape index (κ3) is 4.48. The maximum atomic E-state index is 12.4. The largest absolute Gasteiger partial charge is 0.264 e. The van der Waals surface area contributed by atoms with Crippen LogP contribution < -0.4 is 4.72 Å². The molecule has 0 bridgehead atoms. The highest BCUT2D eigenvalue weighted by Gasteiger charge is 2.20. The highest BCUT2D eigenvalue weighted by Crippen LogP contribution is 2.28. The van der Waals surface area contributed by atoms with Crippen molar-refractivity contribution in [3.8, 4) is 0 Å². The Morgan fingerprint density at radius 2 is 2.00 bits per heavy atom. The van der Waals surface area contributed by atoms with Gasteiger partial charge in [0.1, 0.15) is 9.90 Å². The number of hydrogen-bond acceptors (Lipinski definition) is 5. The van der Waals surface area contributed by atoms with Gasteiger partial charge in [-0.05, 0) is 40.0 Å². The van der Waals surface area contributed by atoms with Crippen LogP contribution in [0.5, 0.6) is 0 Å². The van der Waals surface area contributed by atoms with Crippen molar-refractivity contribution in [3.05, 3.63) is 32.2 Å². The zero-order valence-electron chi connectivity index (χ0n) is 11.3. The molecule has 0 amide bonds. The van der Waals surface area contributed by atoms with Gasteiger partial charge in [-0.15, -0.1) is 10.2 Å². The Balaban J connectivity index is 2.25. The molecule has 0 saturated carbocycles. The molecule has 0 fully saturated rings. The van der Waals surface area contributed by atoms with E-state index in [1.165, 1.54) is 17.4 Å². The van der Waals surface area contributed by atoms with Crippen LogP contribution in [-0.4, -0.2) is 18.6 Å². The summed E-state index contributed by atoms with van der Waals surface area (Å²) in [6.45, 7) is 4.15. The van der Waals surface area contributed by atoms with E-state index >= 15 is 0 Å². The summed E-state index contributed by atoms with van der Waals surface area (Å²) in [5, 5.41) is 8.97. The lowest BCUT2D eigenvalue weighted by molar-refractivity contribution is 0.600. The zero-order chi connectivity index (χ0) is 15.6. The third-order valence-electron chi connectivity index (χ3n) is 2.45. The molecule has 1 aromatic carbocycles.